The summed E-state index contributed by atoms with van der Waals surface area (Å²) in [6.07, 6.45) is -2.28. The third-order valence-corrected chi connectivity index (χ3v) is 5.00. The van der Waals surface area contributed by atoms with Crippen LogP contribution in [0.2, 0.25) is 0 Å². The van der Waals surface area contributed by atoms with Gasteiger partial charge in [-0.3, -0.25) is 4.79 Å². The molecule has 1 aromatic heterocycles. The lowest BCUT2D eigenvalue weighted by atomic mass is 10.2. The van der Waals surface area contributed by atoms with Gasteiger partial charge in [0.15, 0.2) is 10.6 Å². The predicted molar refractivity (Wildman–Crippen MR) is 89.2 cm³/mol. The van der Waals surface area contributed by atoms with E-state index in [9.17, 15) is 18.0 Å². The van der Waals surface area contributed by atoms with Crippen LogP contribution in [0.1, 0.15) is 46.7 Å². The SMILES string of the molecule is CC(=O)c1s/c(=N\c2ccc(C(F)(F)F)cc2)n(C2CC2)c1C.Cl. The van der Waals surface area contributed by atoms with E-state index < -0.39 is 11.7 Å². The lowest BCUT2D eigenvalue weighted by molar-refractivity contribution is -0.137. The average molecular weight is 377 g/mol. The maximum absolute atomic E-state index is 12.6. The first-order valence-corrected chi connectivity index (χ1v) is 8.04. The molecule has 0 saturated heterocycles. The predicted octanol–water partition coefficient (Wildman–Crippen LogP) is 5.07. The molecule has 3 rings (SSSR count). The summed E-state index contributed by atoms with van der Waals surface area (Å²) in [5.41, 5.74) is 0.637. The number of alkyl halides is 3. The third kappa shape index (κ3) is 3.72. The van der Waals surface area contributed by atoms with Gasteiger partial charge in [-0.15, -0.1) is 12.4 Å². The van der Waals surface area contributed by atoms with E-state index in [1.807, 2.05) is 11.5 Å². The van der Waals surface area contributed by atoms with Gasteiger partial charge in [0.25, 0.3) is 0 Å². The van der Waals surface area contributed by atoms with Gasteiger partial charge in [0.1, 0.15) is 0 Å². The van der Waals surface area contributed by atoms with Gasteiger partial charge in [-0.25, -0.2) is 4.99 Å². The van der Waals surface area contributed by atoms with Gasteiger partial charge in [-0.05, 0) is 44.0 Å². The van der Waals surface area contributed by atoms with E-state index in [2.05, 4.69) is 4.99 Å². The lowest BCUT2D eigenvalue weighted by Crippen LogP contribution is -2.14. The molecular weight excluding hydrogens is 361 g/mol. The number of hydrogen-bond donors (Lipinski definition) is 0. The Balaban J connectivity index is 0.00000208. The number of ketones is 1. The van der Waals surface area contributed by atoms with Crippen LogP contribution >= 0.6 is 23.7 Å². The quantitative estimate of drug-likeness (QED) is 0.689. The topological polar surface area (TPSA) is 34.4 Å². The van der Waals surface area contributed by atoms with Crippen molar-refractivity contribution in [1.82, 2.24) is 4.57 Å². The van der Waals surface area contributed by atoms with Crippen LogP contribution in [0.4, 0.5) is 18.9 Å². The van der Waals surface area contributed by atoms with Crippen molar-refractivity contribution >= 4 is 35.2 Å². The highest BCUT2D eigenvalue weighted by molar-refractivity contribution is 7.11. The first-order valence-electron chi connectivity index (χ1n) is 7.22. The second kappa shape index (κ2) is 6.72. The van der Waals surface area contributed by atoms with Crippen molar-refractivity contribution in [2.45, 2.75) is 38.9 Å². The number of halogens is 4. The normalized spacial score (nSPS) is 15.3. The van der Waals surface area contributed by atoms with Gasteiger partial charge in [0.2, 0.25) is 0 Å². The van der Waals surface area contributed by atoms with Crippen molar-refractivity contribution in [2.75, 3.05) is 0 Å². The molecule has 0 bridgehead atoms. The maximum atomic E-state index is 12.6. The molecule has 1 aliphatic carbocycles. The Morgan fingerprint density at radius 3 is 2.29 bits per heavy atom. The average Bonchev–Trinajstić information content (AvgIpc) is 3.23. The Labute approximate surface area is 147 Å². The van der Waals surface area contributed by atoms with Gasteiger partial charge in [0, 0.05) is 18.7 Å². The van der Waals surface area contributed by atoms with Gasteiger partial charge in [-0.1, -0.05) is 11.3 Å². The van der Waals surface area contributed by atoms with Crippen molar-refractivity contribution < 1.29 is 18.0 Å². The largest absolute Gasteiger partial charge is 0.416 e. The highest BCUT2D eigenvalue weighted by Gasteiger charge is 2.30. The van der Waals surface area contributed by atoms with Gasteiger partial charge in [-0.2, -0.15) is 13.2 Å². The number of rotatable bonds is 3. The van der Waals surface area contributed by atoms with Crippen LogP contribution in [0.15, 0.2) is 29.3 Å². The molecule has 0 aliphatic heterocycles. The van der Waals surface area contributed by atoms with E-state index in [0.29, 0.717) is 21.4 Å². The molecule has 1 aromatic carbocycles. The smallest absolute Gasteiger partial charge is 0.317 e. The molecule has 1 aliphatic rings. The van der Waals surface area contributed by atoms with Crippen LogP contribution in [0.3, 0.4) is 0 Å². The molecule has 0 radical (unpaired) electrons. The van der Waals surface area contributed by atoms with Crippen LogP contribution in [0, 0.1) is 6.92 Å². The summed E-state index contributed by atoms with van der Waals surface area (Å²) in [5.74, 6) is -0.0178. The molecule has 0 amide bonds. The van der Waals surface area contributed by atoms with E-state index in [1.54, 1.807) is 0 Å². The fraction of sp³-hybridized carbons (Fsp3) is 0.375. The van der Waals surface area contributed by atoms with Crippen LogP contribution in [0.25, 0.3) is 0 Å². The number of aromatic nitrogens is 1. The van der Waals surface area contributed by atoms with E-state index in [-0.39, 0.29) is 18.2 Å². The molecule has 0 spiro atoms. The monoisotopic (exact) mass is 376 g/mol. The number of nitrogens with zero attached hydrogens (tertiary/aromatic N) is 2. The lowest BCUT2D eigenvalue weighted by Gasteiger charge is -2.06. The summed E-state index contributed by atoms with van der Waals surface area (Å²) in [4.78, 5) is 17.5. The highest BCUT2D eigenvalue weighted by atomic mass is 35.5. The van der Waals surface area contributed by atoms with Gasteiger partial charge < -0.3 is 4.57 Å². The standard InChI is InChI=1S/C16H15F3N2OS.ClH/c1-9-14(10(2)22)23-15(21(9)13-7-8-13)20-12-5-3-11(4-6-12)16(17,18)19;/h3-6,13H,7-8H2,1-2H3;1H/b20-15-;. The first kappa shape index (κ1) is 18.7. The fourth-order valence-electron chi connectivity index (χ4n) is 2.47. The third-order valence-electron chi connectivity index (χ3n) is 3.74. The van der Waals surface area contributed by atoms with Gasteiger partial charge >= 0.3 is 6.18 Å². The highest BCUT2D eigenvalue weighted by Crippen LogP contribution is 2.36. The molecule has 8 heteroatoms. The fourth-order valence-corrected chi connectivity index (χ4v) is 3.58. The Bertz CT molecular complexity index is 817. The minimum absolute atomic E-state index is 0. The summed E-state index contributed by atoms with van der Waals surface area (Å²) >= 11 is 1.29. The Hall–Kier alpha value is -1.60. The number of benzene rings is 1. The van der Waals surface area contributed by atoms with Gasteiger partial charge in [0.05, 0.1) is 16.1 Å². The van der Waals surface area contributed by atoms with Crippen LogP contribution < -0.4 is 4.80 Å². The number of hydrogen-bond acceptors (Lipinski definition) is 3. The Kier molecular flexibility index (Phi) is 5.25. The van der Waals surface area contributed by atoms with Crippen molar-refractivity contribution in [1.29, 1.82) is 0 Å². The number of carbonyl (C=O) groups excluding carboxylic acids is 1. The summed E-state index contributed by atoms with van der Waals surface area (Å²) in [6.45, 7) is 3.40. The van der Waals surface area contributed by atoms with Crippen LogP contribution in [0.5, 0.6) is 0 Å². The molecule has 0 N–H and O–H groups in total. The summed E-state index contributed by atoms with van der Waals surface area (Å²) in [7, 11) is 0. The molecule has 2 aromatic rings. The molecule has 1 heterocycles. The maximum Gasteiger partial charge on any atom is 0.416 e. The molecule has 0 unspecified atom stereocenters. The van der Waals surface area contributed by atoms with Crippen LogP contribution in [-0.2, 0) is 6.18 Å². The van der Waals surface area contributed by atoms with Crippen molar-refractivity contribution in [3.05, 3.63) is 45.2 Å². The summed E-state index contributed by atoms with van der Waals surface area (Å²) < 4.78 is 39.8. The molecule has 3 nitrogen and oxygen atoms in total. The van der Waals surface area contributed by atoms with Crippen molar-refractivity contribution in [3.8, 4) is 0 Å². The summed E-state index contributed by atoms with van der Waals surface area (Å²) in [6, 6.07) is 5.08. The Morgan fingerprint density at radius 2 is 1.83 bits per heavy atom. The molecule has 130 valence electrons. The number of carbonyl (C=O) groups is 1. The van der Waals surface area contributed by atoms with Crippen LogP contribution in [-0.4, -0.2) is 10.4 Å². The zero-order valence-electron chi connectivity index (χ0n) is 13.1. The minimum atomic E-state index is -4.35. The molecule has 1 saturated carbocycles. The second-order valence-electron chi connectivity index (χ2n) is 5.61. The Morgan fingerprint density at radius 1 is 1.25 bits per heavy atom. The second-order valence-corrected chi connectivity index (χ2v) is 6.59. The number of Topliss-reactive ketones (excluding diaryl/α,β-unsaturated/α-hetero) is 1. The van der Waals surface area contributed by atoms with Crippen molar-refractivity contribution in [3.63, 3.8) is 0 Å². The minimum Gasteiger partial charge on any atom is -0.317 e. The van der Waals surface area contributed by atoms with Crippen molar-refractivity contribution in [2.24, 2.45) is 4.99 Å². The molecular formula is C16H16ClF3N2OS. The molecule has 1 fully saturated rings. The van der Waals surface area contributed by atoms with E-state index in [1.165, 1.54) is 30.4 Å². The molecule has 24 heavy (non-hydrogen) atoms. The molecule has 0 atom stereocenters. The number of thiazole rings is 1. The summed E-state index contributed by atoms with van der Waals surface area (Å²) in [5, 5.41) is 0. The van der Waals surface area contributed by atoms with E-state index in [0.717, 1.165) is 30.7 Å². The van der Waals surface area contributed by atoms with E-state index in [4.69, 9.17) is 0 Å². The zero-order valence-corrected chi connectivity index (χ0v) is 14.7. The first-order chi connectivity index (χ1) is 10.8. The zero-order chi connectivity index (χ0) is 16.8. The van der Waals surface area contributed by atoms with E-state index >= 15 is 0 Å².